The van der Waals surface area contributed by atoms with Crippen LogP contribution in [0.2, 0.25) is 0 Å². The van der Waals surface area contributed by atoms with Crippen molar-refractivity contribution in [3.05, 3.63) is 72.0 Å². The summed E-state index contributed by atoms with van der Waals surface area (Å²) in [6.07, 6.45) is 1.30. The van der Waals surface area contributed by atoms with Crippen LogP contribution in [0.15, 0.2) is 65.6 Å². The molecule has 166 valence electrons. The van der Waals surface area contributed by atoms with E-state index in [9.17, 15) is 17.6 Å². The van der Waals surface area contributed by atoms with Crippen LogP contribution in [-0.4, -0.2) is 21.1 Å². The van der Waals surface area contributed by atoms with Crippen LogP contribution in [0.1, 0.15) is 19.8 Å². The Hall–Kier alpha value is -3.43. The Labute approximate surface area is 185 Å². The number of rotatable bonds is 5. The first kappa shape index (κ1) is 20.5. The average molecular weight is 456 g/mol. The summed E-state index contributed by atoms with van der Waals surface area (Å²) < 4.78 is 48.1. The van der Waals surface area contributed by atoms with E-state index in [1.807, 2.05) is 6.07 Å². The highest BCUT2D eigenvalue weighted by Gasteiger charge is 2.51. The Morgan fingerprint density at radius 2 is 1.66 bits per heavy atom. The molecule has 3 aromatic rings. The molecule has 0 unspecified atom stereocenters. The van der Waals surface area contributed by atoms with E-state index in [1.54, 1.807) is 30.3 Å². The lowest BCUT2D eigenvalue weighted by Crippen LogP contribution is -2.28. The second-order valence-corrected chi connectivity index (χ2v) is 9.43. The van der Waals surface area contributed by atoms with Crippen LogP contribution in [0.4, 0.5) is 10.1 Å². The van der Waals surface area contributed by atoms with Crippen molar-refractivity contribution < 1.29 is 28.5 Å². The summed E-state index contributed by atoms with van der Waals surface area (Å²) in [4.78, 5) is 13.1. The maximum Gasteiger partial charge on any atom is 0.238 e. The van der Waals surface area contributed by atoms with Crippen LogP contribution in [-0.2, 0) is 20.2 Å². The Morgan fingerprint density at radius 1 is 0.969 bits per heavy atom. The van der Waals surface area contributed by atoms with Gasteiger partial charge in [0.1, 0.15) is 5.82 Å². The number of amides is 1. The van der Waals surface area contributed by atoms with Gasteiger partial charge in [-0.1, -0.05) is 24.3 Å². The summed E-state index contributed by atoms with van der Waals surface area (Å²) in [5.74, 6) is 0.372. The number of hydrogen-bond acceptors (Lipinski definition) is 5. The van der Waals surface area contributed by atoms with Gasteiger partial charge in [0.15, 0.2) is 11.5 Å². The molecule has 1 heterocycles. The maximum absolute atomic E-state index is 14.5. The third kappa shape index (κ3) is 3.59. The van der Waals surface area contributed by atoms with E-state index in [-0.39, 0.29) is 24.7 Å². The van der Waals surface area contributed by atoms with Gasteiger partial charge in [-0.15, -0.1) is 0 Å². The molecular formula is C23H21FN2O5S. The SMILES string of the molecule is NS(=O)(=O)c1ccc(-c2ccc(F)c(NC(=O)C3(c4ccc5c(c4)OCO5)CC3)c2)cc1.[HH]. The summed E-state index contributed by atoms with van der Waals surface area (Å²) in [6.45, 7) is 0.147. The van der Waals surface area contributed by atoms with E-state index in [0.717, 1.165) is 5.56 Å². The van der Waals surface area contributed by atoms with Gasteiger partial charge in [0.05, 0.1) is 16.0 Å². The van der Waals surface area contributed by atoms with E-state index in [4.69, 9.17) is 14.6 Å². The Morgan fingerprint density at radius 3 is 2.34 bits per heavy atom. The van der Waals surface area contributed by atoms with Crippen LogP contribution in [0.25, 0.3) is 11.1 Å². The normalized spacial score (nSPS) is 15.9. The molecule has 32 heavy (non-hydrogen) atoms. The van der Waals surface area contributed by atoms with E-state index >= 15 is 0 Å². The summed E-state index contributed by atoms with van der Waals surface area (Å²) in [5.41, 5.74) is 1.39. The Kier molecular flexibility index (Phi) is 4.68. The highest BCUT2D eigenvalue weighted by atomic mass is 32.2. The molecule has 0 aromatic heterocycles. The van der Waals surface area contributed by atoms with Crippen molar-refractivity contribution in [3.8, 4) is 22.6 Å². The van der Waals surface area contributed by atoms with Gasteiger partial charge in [-0.05, 0) is 65.9 Å². The predicted octanol–water partition coefficient (Wildman–Crippen LogP) is 3.79. The largest absolute Gasteiger partial charge is 0.454 e. The number of hydrogen-bond donors (Lipinski definition) is 2. The number of carbonyl (C=O) groups excluding carboxylic acids is 1. The number of halogens is 1. The second-order valence-electron chi connectivity index (χ2n) is 7.87. The minimum absolute atomic E-state index is 0. The van der Waals surface area contributed by atoms with E-state index in [1.165, 1.54) is 24.3 Å². The highest BCUT2D eigenvalue weighted by molar-refractivity contribution is 7.89. The molecule has 1 fully saturated rings. The monoisotopic (exact) mass is 456 g/mol. The number of nitrogens with two attached hydrogens (primary N) is 1. The van der Waals surface area contributed by atoms with Gasteiger partial charge in [0, 0.05) is 1.43 Å². The zero-order chi connectivity index (χ0) is 22.5. The molecule has 1 aliphatic heterocycles. The van der Waals surface area contributed by atoms with Crippen LogP contribution in [0, 0.1) is 5.82 Å². The molecule has 9 heteroatoms. The van der Waals surface area contributed by atoms with Crippen molar-refractivity contribution in [2.45, 2.75) is 23.2 Å². The zero-order valence-electron chi connectivity index (χ0n) is 16.8. The first-order valence-electron chi connectivity index (χ1n) is 9.91. The molecule has 0 radical (unpaired) electrons. The number of anilines is 1. The van der Waals surface area contributed by atoms with Crippen molar-refractivity contribution in [2.75, 3.05) is 12.1 Å². The summed E-state index contributed by atoms with van der Waals surface area (Å²) in [6, 6.07) is 15.7. The van der Waals surface area contributed by atoms with Gasteiger partial charge in [-0.25, -0.2) is 17.9 Å². The lowest BCUT2D eigenvalue weighted by molar-refractivity contribution is -0.118. The standard InChI is InChI=1S/C23H19FN2O5S.H2/c24-18-7-3-15(14-1-5-17(6-2-14)32(25,28)29)11-19(18)26-22(27)23(9-10-23)16-4-8-20-21(12-16)31-13-30-20;/h1-8,11-12H,9-10,13H2,(H,26,27)(H2,25,28,29);1H. The molecule has 5 rings (SSSR count). The van der Waals surface area contributed by atoms with E-state index in [2.05, 4.69) is 5.32 Å². The number of ether oxygens (including phenoxy) is 2. The van der Waals surface area contributed by atoms with E-state index < -0.39 is 21.3 Å². The molecule has 0 bridgehead atoms. The second kappa shape index (κ2) is 7.32. The summed E-state index contributed by atoms with van der Waals surface area (Å²) in [5, 5.41) is 7.85. The van der Waals surface area contributed by atoms with E-state index in [0.29, 0.717) is 35.5 Å². The number of carbonyl (C=O) groups is 1. The molecule has 3 N–H and O–H groups in total. The molecule has 7 nitrogen and oxygen atoms in total. The summed E-state index contributed by atoms with van der Waals surface area (Å²) in [7, 11) is -3.81. The minimum Gasteiger partial charge on any atom is -0.454 e. The van der Waals surface area contributed by atoms with Crippen molar-refractivity contribution in [1.29, 1.82) is 0 Å². The van der Waals surface area contributed by atoms with Crippen LogP contribution in [0.3, 0.4) is 0 Å². The number of fused-ring (bicyclic) bond motifs is 1. The van der Waals surface area contributed by atoms with Gasteiger partial charge >= 0.3 is 0 Å². The summed E-state index contributed by atoms with van der Waals surface area (Å²) >= 11 is 0. The Balaban J connectivity index is 0.00000259. The minimum atomic E-state index is -3.81. The molecule has 1 aliphatic carbocycles. The van der Waals surface area contributed by atoms with Crippen molar-refractivity contribution >= 4 is 21.6 Å². The van der Waals surface area contributed by atoms with Crippen molar-refractivity contribution in [2.24, 2.45) is 5.14 Å². The van der Waals surface area contributed by atoms with Gasteiger partial charge in [-0.3, -0.25) is 4.79 Å². The maximum atomic E-state index is 14.5. The van der Waals surface area contributed by atoms with Gasteiger partial charge in [0.25, 0.3) is 0 Å². The highest BCUT2D eigenvalue weighted by Crippen LogP contribution is 2.51. The molecule has 0 saturated heterocycles. The fraction of sp³-hybridized carbons (Fsp3) is 0.174. The van der Waals surface area contributed by atoms with Crippen molar-refractivity contribution in [1.82, 2.24) is 0 Å². The molecule has 1 amide bonds. The van der Waals surface area contributed by atoms with Crippen LogP contribution >= 0.6 is 0 Å². The third-order valence-corrected chi connectivity index (χ3v) is 6.77. The fourth-order valence-corrected chi connectivity index (χ4v) is 4.36. The number of nitrogens with one attached hydrogen (secondary N) is 1. The Bertz CT molecular complexity index is 1340. The number of benzene rings is 3. The molecular weight excluding hydrogens is 435 g/mol. The first-order valence-corrected chi connectivity index (χ1v) is 11.5. The van der Waals surface area contributed by atoms with Crippen LogP contribution in [0.5, 0.6) is 11.5 Å². The number of sulfonamides is 1. The number of primary sulfonamides is 1. The fourth-order valence-electron chi connectivity index (χ4n) is 3.85. The molecule has 1 saturated carbocycles. The average Bonchev–Trinajstić information content (AvgIpc) is 3.45. The molecule has 3 aromatic carbocycles. The van der Waals surface area contributed by atoms with Crippen molar-refractivity contribution in [3.63, 3.8) is 0 Å². The van der Waals surface area contributed by atoms with Gasteiger partial charge < -0.3 is 14.8 Å². The van der Waals surface area contributed by atoms with Crippen LogP contribution < -0.4 is 19.9 Å². The molecule has 0 spiro atoms. The van der Waals surface area contributed by atoms with Gasteiger partial charge in [0.2, 0.25) is 22.7 Å². The quantitative estimate of drug-likeness (QED) is 0.607. The zero-order valence-corrected chi connectivity index (χ0v) is 17.6. The lowest BCUT2D eigenvalue weighted by atomic mass is 9.94. The topological polar surface area (TPSA) is 108 Å². The predicted molar refractivity (Wildman–Crippen MR) is 117 cm³/mol. The molecule has 0 atom stereocenters. The van der Waals surface area contributed by atoms with Gasteiger partial charge in [-0.2, -0.15) is 0 Å². The lowest BCUT2D eigenvalue weighted by Gasteiger charge is -2.17. The first-order chi connectivity index (χ1) is 15.3. The molecule has 2 aliphatic rings. The third-order valence-electron chi connectivity index (χ3n) is 5.84. The smallest absolute Gasteiger partial charge is 0.238 e.